The van der Waals surface area contributed by atoms with Crippen molar-refractivity contribution in [2.75, 3.05) is 0 Å². The van der Waals surface area contributed by atoms with Crippen molar-refractivity contribution in [2.45, 2.75) is 59.1 Å². The third kappa shape index (κ3) is 4.21. The molecular weight excluding hydrogens is 452 g/mol. The van der Waals surface area contributed by atoms with Crippen LogP contribution in [0.2, 0.25) is 0 Å². The minimum absolute atomic E-state index is 0.0105. The topological polar surface area (TPSA) is 49.8 Å². The maximum absolute atomic E-state index is 9.35. The van der Waals surface area contributed by atoms with Crippen molar-refractivity contribution in [3.05, 3.63) is 89.1 Å². The molecule has 3 nitrogen and oxygen atoms in total. The lowest BCUT2D eigenvalue weighted by Gasteiger charge is -2.34. The average molecular weight is 493 g/mol. The van der Waals surface area contributed by atoms with E-state index < -0.39 is 19.6 Å². The number of furan rings is 1. The SMILES string of the molecule is [2H]c1cc(C2([2H])CCC(C)(C)CC2)cc(C([2H])([2H])[2H])c1-c1cc(-c2cccc3c2oc2cc(C#N)ccc23)ncc1C([2H])([2H])[2H]. The van der Waals surface area contributed by atoms with Crippen LogP contribution in [0.4, 0.5) is 0 Å². The van der Waals surface area contributed by atoms with Gasteiger partial charge in [-0.2, -0.15) is 5.26 Å². The maximum atomic E-state index is 9.35. The van der Waals surface area contributed by atoms with E-state index in [2.05, 4.69) is 24.9 Å². The van der Waals surface area contributed by atoms with Crippen LogP contribution in [0.5, 0.6) is 0 Å². The number of pyridine rings is 1. The van der Waals surface area contributed by atoms with Gasteiger partial charge in [-0.3, -0.25) is 4.98 Å². The molecule has 0 aliphatic heterocycles. The van der Waals surface area contributed by atoms with E-state index in [1.165, 1.54) is 24.4 Å². The first kappa shape index (κ1) is 16.0. The molecule has 2 aromatic heterocycles. The van der Waals surface area contributed by atoms with Crippen molar-refractivity contribution in [1.29, 1.82) is 5.26 Å². The number of aromatic nitrogens is 1. The van der Waals surface area contributed by atoms with Crippen LogP contribution in [-0.4, -0.2) is 4.98 Å². The molecule has 6 rings (SSSR count). The fourth-order valence-corrected chi connectivity index (χ4v) is 5.32. The lowest BCUT2D eigenvalue weighted by molar-refractivity contribution is 0.224. The van der Waals surface area contributed by atoms with Gasteiger partial charge in [-0.15, -0.1) is 0 Å². The molecule has 0 spiro atoms. The van der Waals surface area contributed by atoms with Crippen LogP contribution in [-0.2, 0) is 0 Å². The zero-order valence-corrected chi connectivity index (χ0v) is 20.9. The van der Waals surface area contributed by atoms with E-state index in [9.17, 15) is 6.63 Å². The average Bonchev–Trinajstić information content (AvgIpc) is 3.35. The number of nitrogens with zero attached hydrogens (tertiary/aromatic N) is 2. The van der Waals surface area contributed by atoms with Gasteiger partial charge >= 0.3 is 0 Å². The number of rotatable bonds is 3. The molecule has 184 valence electrons. The maximum Gasteiger partial charge on any atom is 0.144 e. The Morgan fingerprint density at radius 3 is 2.62 bits per heavy atom. The van der Waals surface area contributed by atoms with E-state index in [4.69, 9.17) is 14.0 Å². The lowest BCUT2D eigenvalue weighted by atomic mass is 9.71. The molecule has 0 saturated heterocycles. The van der Waals surface area contributed by atoms with Crippen molar-refractivity contribution in [2.24, 2.45) is 5.41 Å². The van der Waals surface area contributed by atoms with E-state index in [1.807, 2.05) is 18.2 Å². The van der Waals surface area contributed by atoms with Gasteiger partial charge in [0.2, 0.25) is 0 Å². The standard InChI is InChI=1S/C34H32N2O/c1-21-16-25(24-12-14-34(3,4)15-13-24)9-11-26(21)30-18-31(36-20-22(30)2)29-7-5-6-28-27-10-8-23(19-35)17-32(27)37-33(28)29/h5-11,16-18,20,24H,12-15H2,1-4H3/i1D3,2D3,11D,24D. The van der Waals surface area contributed by atoms with Crippen molar-refractivity contribution in [3.63, 3.8) is 0 Å². The summed E-state index contributed by atoms with van der Waals surface area (Å²) in [5.41, 5.74) is 2.62. The number of benzene rings is 3. The molecule has 0 N–H and O–H groups in total. The Morgan fingerprint density at radius 2 is 1.84 bits per heavy atom. The number of hydrogen-bond acceptors (Lipinski definition) is 3. The third-order valence-electron chi connectivity index (χ3n) is 7.63. The Balaban J connectivity index is 1.58. The Labute approximate surface area is 230 Å². The first-order chi connectivity index (χ1) is 21.0. The fourth-order valence-electron chi connectivity index (χ4n) is 5.32. The van der Waals surface area contributed by atoms with Gasteiger partial charge in [-0.1, -0.05) is 44.2 Å². The van der Waals surface area contributed by atoms with Crippen molar-refractivity contribution in [1.82, 2.24) is 4.98 Å². The second-order valence-electron chi connectivity index (χ2n) is 10.7. The minimum Gasteiger partial charge on any atom is -0.455 e. The quantitative estimate of drug-likeness (QED) is 0.252. The molecule has 0 radical (unpaired) electrons. The van der Waals surface area contributed by atoms with Crippen LogP contribution in [0.3, 0.4) is 0 Å². The normalized spacial score (nSPS) is 20.5. The van der Waals surface area contributed by atoms with Crippen LogP contribution in [0.25, 0.3) is 44.3 Å². The second-order valence-corrected chi connectivity index (χ2v) is 10.7. The van der Waals surface area contributed by atoms with Gasteiger partial charge in [0.1, 0.15) is 11.2 Å². The summed E-state index contributed by atoms with van der Waals surface area (Å²) < 4.78 is 74.6. The van der Waals surface area contributed by atoms with Crippen molar-refractivity contribution >= 4 is 21.9 Å². The number of fused-ring (bicyclic) bond motifs is 3. The van der Waals surface area contributed by atoms with Gasteiger partial charge in [-0.05, 0) is 109 Å². The summed E-state index contributed by atoms with van der Waals surface area (Å²) in [5, 5.41) is 10.9. The summed E-state index contributed by atoms with van der Waals surface area (Å²) in [5.74, 6) is -1.04. The molecule has 0 unspecified atom stereocenters. The Morgan fingerprint density at radius 1 is 1.00 bits per heavy atom. The highest BCUT2D eigenvalue weighted by Crippen LogP contribution is 2.43. The molecule has 0 atom stereocenters. The Hall–Kier alpha value is -3.90. The van der Waals surface area contributed by atoms with E-state index in [0.717, 1.165) is 23.6 Å². The molecular formula is C34H32N2O. The van der Waals surface area contributed by atoms with E-state index >= 15 is 0 Å². The van der Waals surface area contributed by atoms with Gasteiger partial charge < -0.3 is 4.42 Å². The summed E-state index contributed by atoms with van der Waals surface area (Å²) in [6.07, 6.45) is 3.90. The highest BCUT2D eigenvalue weighted by atomic mass is 16.3. The molecule has 0 bridgehead atoms. The van der Waals surface area contributed by atoms with Gasteiger partial charge in [0, 0.05) is 32.1 Å². The monoisotopic (exact) mass is 492 g/mol. The van der Waals surface area contributed by atoms with Crippen LogP contribution in [0.15, 0.2) is 71.3 Å². The summed E-state index contributed by atoms with van der Waals surface area (Å²) in [4.78, 5) is 4.49. The first-order valence-electron chi connectivity index (χ1n) is 16.5. The van der Waals surface area contributed by atoms with E-state index in [0.29, 0.717) is 46.4 Å². The summed E-state index contributed by atoms with van der Waals surface area (Å²) in [7, 11) is 0. The Bertz CT molecular complexity index is 2000. The highest BCUT2D eigenvalue weighted by Gasteiger charge is 2.27. The van der Waals surface area contributed by atoms with Crippen LogP contribution in [0.1, 0.15) is 78.6 Å². The first-order valence-corrected chi connectivity index (χ1v) is 12.5. The molecule has 1 saturated carbocycles. The lowest BCUT2D eigenvalue weighted by Crippen LogP contribution is -2.20. The molecule has 0 amide bonds. The van der Waals surface area contributed by atoms with Crippen LogP contribution in [0, 0.1) is 30.4 Å². The molecule has 5 aromatic rings. The summed E-state index contributed by atoms with van der Waals surface area (Å²) >= 11 is 0. The molecule has 1 aliphatic rings. The Kier molecular flexibility index (Phi) is 3.86. The smallest absolute Gasteiger partial charge is 0.144 e. The third-order valence-corrected chi connectivity index (χ3v) is 7.63. The van der Waals surface area contributed by atoms with Crippen molar-refractivity contribution < 1.29 is 15.4 Å². The van der Waals surface area contributed by atoms with E-state index in [-0.39, 0.29) is 33.7 Å². The van der Waals surface area contributed by atoms with Gasteiger partial charge in [-0.25, -0.2) is 0 Å². The van der Waals surface area contributed by atoms with Gasteiger partial charge in [0.15, 0.2) is 0 Å². The number of para-hydroxylation sites is 1. The number of hydrogen-bond donors (Lipinski definition) is 0. The molecule has 1 aliphatic carbocycles. The molecule has 37 heavy (non-hydrogen) atoms. The molecule has 2 heterocycles. The molecule has 3 aromatic carbocycles. The van der Waals surface area contributed by atoms with Gasteiger partial charge in [0.05, 0.1) is 18.7 Å². The van der Waals surface area contributed by atoms with Crippen LogP contribution >= 0.6 is 0 Å². The number of aryl methyl sites for hydroxylation is 2. The fraction of sp³-hybridized carbons (Fsp3) is 0.294. The minimum atomic E-state index is -2.68. The van der Waals surface area contributed by atoms with E-state index in [1.54, 1.807) is 18.2 Å². The number of nitriles is 1. The predicted molar refractivity (Wildman–Crippen MR) is 152 cm³/mol. The predicted octanol–water partition coefficient (Wildman–Crippen LogP) is 9.49. The van der Waals surface area contributed by atoms with Crippen LogP contribution < -0.4 is 0 Å². The largest absolute Gasteiger partial charge is 0.455 e. The summed E-state index contributed by atoms with van der Waals surface area (Å²) in [6, 6.07) is 17.1. The van der Waals surface area contributed by atoms with Crippen molar-refractivity contribution in [3.8, 4) is 28.5 Å². The highest BCUT2D eigenvalue weighted by molar-refractivity contribution is 6.09. The zero-order valence-electron chi connectivity index (χ0n) is 28.9. The zero-order chi connectivity index (χ0) is 32.5. The second kappa shape index (κ2) is 8.89. The van der Waals surface area contributed by atoms with Gasteiger partial charge in [0.25, 0.3) is 0 Å². The molecule has 3 heteroatoms. The summed E-state index contributed by atoms with van der Waals surface area (Å²) in [6.45, 7) is -1.01. The molecule has 1 fully saturated rings.